The zero-order valence-corrected chi connectivity index (χ0v) is 17.9. The summed E-state index contributed by atoms with van der Waals surface area (Å²) in [4.78, 5) is 16.1. The molecule has 10 heteroatoms. The van der Waals surface area contributed by atoms with Crippen LogP contribution in [0.25, 0.3) is 22.9 Å². The number of hydrogen-bond donors (Lipinski definition) is 2. The molecule has 3 N–H and O–H groups in total. The molecule has 0 radical (unpaired) electrons. The van der Waals surface area contributed by atoms with Crippen molar-refractivity contribution < 1.29 is 4.42 Å². The number of nitrogens with two attached hydrogens (primary N) is 1. The van der Waals surface area contributed by atoms with E-state index < -0.39 is 0 Å². The number of benzene rings is 1. The summed E-state index contributed by atoms with van der Waals surface area (Å²) >= 11 is 0. The van der Waals surface area contributed by atoms with Crippen molar-refractivity contribution in [2.24, 2.45) is 7.05 Å². The van der Waals surface area contributed by atoms with Crippen LogP contribution in [-0.2, 0) is 7.05 Å². The van der Waals surface area contributed by atoms with Gasteiger partial charge in [0, 0.05) is 32.1 Å². The molecule has 10 nitrogen and oxygen atoms in total. The van der Waals surface area contributed by atoms with Crippen LogP contribution in [0.1, 0.15) is 37.5 Å². The number of piperidine rings is 1. The molecule has 0 unspecified atom stereocenters. The predicted molar refractivity (Wildman–Crippen MR) is 121 cm³/mol. The van der Waals surface area contributed by atoms with Crippen molar-refractivity contribution in [1.29, 1.82) is 0 Å². The van der Waals surface area contributed by atoms with Crippen LogP contribution in [0.5, 0.6) is 0 Å². The lowest BCUT2D eigenvalue weighted by atomic mass is 10.0. The third-order valence-electron chi connectivity index (χ3n) is 6.31. The molecule has 0 spiro atoms. The minimum absolute atomic E-state index is 0.367. The summed E-state index contributed by atoms with van der Waals surface area (Å²) in [5.41, 5.74) is 9.38. The number of nitrogens with one attached hydrogen (secondary N) is 1. The molecule has 2 fully saturated rings. The van der Waals surface area contributed by atoms with Crippen molar-refractivity contribution in [2.45, 2.75) is 37.6 Å². The molecule has 1 aliphatic heterocycles. The lowest BCUT2D eigenvalue weighted by molar-refractivity contribution is 0.503. The lowest BCUT2D eigenvalue weighted by Crippen LogP contribution is -2.39. The number of para-hydroxylation sites is 2. The first-order valence-corrected chi connectivity index (χ1v) is 11.0. The second-order valence-electron chi connectivity index (χ2n) is 8.58. The van der Waals surface area contributed by atoms with Crippen molar-refractivity contribution in [3.63, 3.8) is 0 Å². The SMILES string of the molecule is Cn1c(-c2nnc(C3CC3)o2)nc2c(N3CCC(Nc4ccccc4N)CC3)ncnc21. The fraction of sp³-hybridized carbons (Fsp3) is 0.409. The minimum atomic E-state index is 0.367. The Morgan fingerprint density at radius 3 is 2.66 bits per heavy atom. The van der Waals surface area contributed by atoms with Crippen LogP contribution < -0.4 is 16.0 Å². The first kappa shape index (κ1) is 19.0. The second-order valence-corrected chi connectivity index (χ2v) is 8.58. The van der Waals surface area contributed by atoms with E-state index in [-0.39, 0.29) is 0 Å². The summed E-state index contributed by atoms with van der Waals surface area (Å²) in [5, 5.41) is 12.0. The van der Waals surface area contributed by atoms with E-state index in [0.717, 1.165) is 67.1 Å². The smallest absolute Gasteiger partial charge is 0.284 e. The van der Waals surface area contributed by atoms with Crippen LogP contribution in [0.3, 0.4) is 0 Å². The molecule has 32 heavy (non-hydrogen) atoms. The Hall–Kier alpha value is -3.69. The molecule has 4 aromatic rings. The summed E-state index contributed by atoms with van der Waals surface area (Å²) in [7, 11) is 1.92. The molecule has 0 bridgehead atoms. The van der Waals surface area contributed by atoms with E-state index in [1.807, 2.05) is 35.9 Å². The fourth-order valence-electron chi connectivity index (χ4n) is 4.31. The van der Waals surface area contributed by atoms with Gasteiger partial charge in [-0.15, -0.1) is 10.2 Å². The fourth-order valence-corrected chi connectivity index (χ4v) is 4.31. The van der Waals surface area contributed by atoms with Gasteiger partial charge in [-0.05, 0) is 37.8 Å². The molecule has 164 valence electrons. The third kappa shape index (κ3) is 3.31. The van der Waals surface area contributed by atoms with Gasteiger partial charge < -0.3 is 24.9 Å². The number of nitrogens with zero attached hydrogens (tertiary/aromatic N) is 7. The molecule has 6 rings (SSSR count). The molecular weight excluding hydrogens is 406 g/mol. The van der Waals surface area contributed by atoms with Crippen LogP contribution >= 0.6 is 0 Å². The Labute approximate surface area is 184 Å². The molecule has 1 aliphatic carbocycles. The Kier molecular flexibility index (Phi) is 4.44. The average Bonchev–Trinajstić information content (AvgIpc) is 3.46. The van der Waals surface area contributed by atoms with Crippen LogP contribution in [0.2, 0.25) is 0 Å². The van der Waals surface area contributed by atoms with E-state index >= 15 is 0 Å². The highest BCUT2D eigenvalue weighted by Gasteiger charge is 2.31. The number of hydrogen-bond acceptors (Lipinski definition) is 9. The average molecular weight is 432 g/mol. The maximum atomic E-state index is 6.09. The zero-order valence-electron chi connectivity index (χ0n) is 17.9. The van der Waals surface area contributed by atoms with E-state index in [9.17, 15) is 0 Å². The number of rotatable bonds is 5. The monoisotopic (exact) mass is 431 g/mol. The number of fused-ring (bicyclic) bond motifs is 1. The van der Waals surface area contributed by atoms with Gasteiger partial charge in [0.1, 0.15) is 6.33 Å². The van der Waals surface area contributed by atoms with Crippen molar-refractivity contribution in [3.05, 3.63) is 36.5 Å². The van der Waals surface area contributed by atoms with Gasteiger partial charge in [0.25, 0.3) is 5.89 Å². The zero-order chi connectivity index (χ0) is 21.7. The molecule has 4 heterocycles. The van der Waals surface area contributed by atoms with Gasteiger partial charge in [-0.1, -0.05) is 12.1 Å². The van der Waals surface area contributed by atoms with Crippen LogP contribution in [0, 0.1) is 0 Å². The Bertz CT molecular complexity index is 1270. The molecular formula is C22H25N9O. The summed E-state index contributed by atoms with van der Waals surface area (Å²) in [6.45, 7) is 1.74. The Balaban J connectivity index is 1.23. The molecule has 1 saturated carbocycles. The van der Waals surface area contributed by atoms with E-state index in [4.69, 9.17) is 15.1 Å². The van der Waals surface area contributed by atoms with Crippen molar-refractivity contribution in [2.75, 3.05) is 29.0 Å². The number of aromatic nitrogens is 6. The molecule has 1 saturated heterocycles. The third-order valence-corrected chi connectivity index (χ3v) is 6.31. The van der Waals surface area contributed by atoms with Crippen molar-refractivity contribution in [3.8, 4) is 11.7 Å². The van der Waals surface area contributed by atoms with Gasteiger partial charge in [-0.2, -0.15) is 0 Å². The van der Waals surface area contributed by atoms with Gasteiger partial charge in [0.05, 0.1) is 11.4 Å². The van der Waals surface area contributed by atoms with E-state index in [2.05, 4.69) is 30.4 Å². The Morgan fingerprint density at radius 1 is 1.06 bits per heavy atom. The van der Waals surface area contributed by atoms with Gasteiger partial charge in [0.15, 0.2) is 17.0 Å². The largest absolute Gasteiger partial charge is 0.418 e. The first-order chi connectivity index (χ1) is 15.7. The summed E-state index contributed by atoms with van der Waals surface area (Å²) in [6, 6.07) is 8.26. The highest BCUT2D eigenvalue weighted by atomic mass is 16.4. The van der Waals surface area contributed by atoms with Gasteiger partial charge >= 0.3 is 0 Å². The topological polar surface area (TPSA) is 124 Å². The van der Waals surface area contributed by atoms with Gasteiger partial charge in [0.2, 0.25) is 11.7 Å². The number of anilines is 3. The quantitative estimate of drug-likeness (QED) is 0.459. The van der Waals surface area contributed by atoms with Crippen LogP contribution in [-0.4, -0.2) is 48.8 Å². The van der Waals surface area contributed by atoms with E-state index in [1.54, 1.807) is 6.33 Å². The maximum absolute atomic E-state index is 6.09. The molecule has 0 amide bonds. The second kappa shape index (κ2) is 7.47. The summed E-state index contributed by atoms with van der Waals surface area (Å²) < 4.78 is 7.78. The van der Waals surface area contributed by atoms with Crippen molar-refractivity contribution >= 4 is 28.4 Å². The molecule has 2 aliphatic rings. The van der Waals surface area contributed by atoms with Crippen LogP contribution in [0.15, 0.2) is 35.0 Å². The van der Waals surface area contributed by atoms with Gasteiger partial charge in [-0.3, -0.25) is 0 Å². The number of nitrogen functional groups attached to an aromatic ring is 1. The standard InChI is InChI=1S/C22H25N9O/c1-30-18-17(27-20(30)22-29-28-21(32-22)13-6-7-13)19(25-12-24-18)31-10-8-14(9-11-31)26-16-5-3-2-4-15(16)23/h2-5,12-14,26H,6-11,23H2,1H3. The Morgan fingerprint density at radius 2 is 1.88 bits per heavy atom. The first-order valence-electron chi connectivity index (χ1n) is 11.0. The molecule has 3 aromatic heterocycles. The molecule has 1 aromatic carbocycles. The summed E-state index contributed by atoms with van der Waals surface area (Å²) in [5.74, 6) is 3.00. The number of imidazole rings is 1. The minimum Gasteiger partial charge on any atom is -0.418 e. The molecule has 0 atom stereocenters. The normalized spacial score (nSPS) is 17.2. The highest BCUT2D eigenvalue weighted by Crippen LogP contribution is 2.40. The van der Waals surface area contributed by atoms with E-state index in [0.29, 0.717) is 29.6 Å². The van der Waals surface area contributed by atoms with E-state index in [1.165, 1.54) is 0 Å². The number of aryl methyl sites for hydroxylation is 1. The van der Waals surface area contributed by atoms with Gasteiger partial charge in [-0.25, -0.2) is 15.0 Å². The highest BCUT2D eigenvalue weighted by molar-refractivity contribution is 5.86. The van der Waals surface area contributed by atoms with Crippen LogP contribution in [0.4, 0.5) is 17.2 Å². The summed E-state index contributed by atoms with van der Waals surface area (Å²) in [6.07, 6.45) is 5.78. The lowest BCUT2D eigenvalue weighted by Gasteiger charge is -2.33. The van der Waals surface area contributed by atoms with Crippen molar-refractivity contribution in [1.82, 2.24) is 29.7 Å². The maximum Gasteiger partial charge on any atom is 0.284 e. The predicted octanol–water partition coefficient (Wildman–Crippen LogP) is 2.95.